The van der Waals surface area contributed by atoms with E-state index in [-0.39, 0.29) is 5.91 Å². The predicted octanol–water partition coefficient (Wildman–Crippen LogP) is -0.426. The third-order valence-corrected chi connectivity index (χ3v) is 3.61. The molecule has 0 radical (unpaired) electrons. The Morgan fingerprint density at radius 2 is 2.11 bits per heavy atom. The molecular formula is C14H22N3O+. The van der Waals surface area contributed by atoms with Gasteiger partial charge in [-0.2, -0.15) is 0 Å². The van der Waals surface area contributed by atoms with Gasteiger partial charge in [-0.15, -0.1) is 0 Å². The number of hydrogen-bond donors (Lipinski definition) is 2. The molecule has 2 atom stereocenters. The van der Waals surface area contributed by atoms with Crippen LogP contribution in [-0.4, -0.2) is 38.1 Å². The third-order valence-electron chi connectivity index (χ3n) is 3.61. The van der Waals surface area contributed by atoms with Gasteiger partial charge in [0, 0.05) is 5.69 Å². The Bertz CT molecular complexity index is 416. The van der Waals surface area contributed by atoms with E-state index in [9.17, 15) is 4.79 Å². The highest BCUT2D eigenvalue weighted by Crippen LogP contribution is 2.17. The zero-order chi connectivity index (χ0) is 13.1. The van der Waals surface area contributed by atoms with Crippen LogP contribution in [-0.2, 0) is 4.79 Å². The molecule has 4 heteroatoms. The number of quaternary nitrogens is 1. The Hall–Kier alpha value is -1.55. The maximum Gasteiger partial charge on any atom is 0.272 e. The van der Waals surface area contributed by atoms with Gasteiger partial charge in [0.25, 0.3) is 5.91 Å². The molecule has 2 rings (SSSR count). The van der Waals surface area contributed by atoms with Gasteiger partial charge in [0.05, 0.1) is 25.7 Å². The smallest absolute Gasteiger partial charge is 0.272 e. The highest BCUT2D eigenvalue weighted by atomic mass is 16.1. The molecule has 1 heterocycles. The van der Waals surface area contributed by atoms with Crippen molar-refractivity contribution in [1.29, 1.82) is 0 Å². The van der Waals surface area contributed by atoms with Crippen LogP contribution in [0.4, 0.5) is 5.69 Å². The van der Waals surface area contributed by atoms with Gasteiger partial charge in [-0.3, -0.25) is 4.79 Å². The van der Waals surface area contributed by atoms with E-state index >= 15 is 0 Å². The van der Waals surface area contributed by atoms with E-state index in [1.54, 1.807) is 0 Å². The molecule has 3 N–H and O–H groups in total. The predicted molar refractivity (Wildman–Crippen MR) is 72.7 cm³/mol. The van der Waals surface area contributed by atoms with E-state index in [0.29, 0.717) is 12.6 Å². The summed E-state index contributed by atoms with van der Waals surface area (Å²) in [6, 6.07) is 9.07. The van der Waals surface area contributed by atoms with Crippen LogP contribution < -0.4 is 15.5 Å². The Morgan fingerprint density at radius 3 is 2.67 bits per heavy atom. The van der Waals surface area contributed by atoms with Crippen molar-refractivity contribution in [1.82, 2.24) is 0 Å². The summed E-state index contributed by atoms with van der Waals surface area (Å²) in [7, 11) is 0. The molecule has 0 spiro atoms. The van der Waals surface area contributed by atoms with Gasteiger partial charge >= 0.3 is 0 Å². The van der Waals surface area contributed by atoms with E-state index in [0.717, 1.165) is 19.6 Å². The number of primary amides is 1. The number of benzene rings is 1. The zero-order valence-corrected chi connectivity index (χ0v) is 11.1. The highest BCUT2D eigenvalue weighted by molar-refractivity contribution is 5.74. The van der Waals surface area contributed by atoms with Crippen molar-refractivity contribution in [2.45, 2.75) is 19.9 Å². The molecular weight excluding hydrogens is 226 g/mol. The molecule has 1 aromatic carbocycles. The summed E-state index contributed by atoms with van der Waals surface area (Å²) in [6.45, 7) is 7.68. The van der Waals surface area contributed by atoms with Crippen LogP contribution in [0.2, 0.25) is 0 Å². The molecule has 1 aromatic rings. The zero-order valence-electron chi connectivity index (χ0n) is 11.1. The van der Waals surface area contributed by atoms with Gasteiger partial charge in [-0.1, -0.05) is 17.7 Å². The molecule has 1 fully saturated rings. The van der Waals surface area contributed by atoms with Crippen molar-refractivity contribution < 1.29 is 9.69 Å². The standard InChI is InChI=1S/C14H21N3O/c1-11-3-5-13(6-4-11)17-8-7-16(9-12(17)2)10-14(15)18/h3-6,12H,7-10H2,1-2H3,(H2,15,18)/p+1/t12-/m1/s1. The van der Waals surface area contributed by atoms with Crippen molar-refractivity contribution in [3.63, 3.8) is 0 Å². The molecule has 0 saturated carbocycles. The normalized spacial score (nSPS) is 24.0. The third kappa shape index (κ3) is 3.01. The van der Waals surface area contributed by atoms with Crippen molar-refractivity contribution in [3.05, 3.63) is 29.8 Å². The number of piperazine rings is 1. The lowest BCUT2D eigenvalue weighted by Gasteiger charge is -2.38. The summed E-state index contributed by atoms with van der Waals surface area (Å²) < 4.78 is 0. The summed E-state index contributed by atoms with van der Waals surface area (Å²) in [6.07, 6.45) is 0. The minimum absolute atomic E-state index is 0.207. The van der Waals surface area contributed by atoms with E-state index < -0.39 is 0 Å². The molecule has 0 aliphatic carbocycles. The van der Waals surface area contributed by atoms with Crippen LogP contribution >= 0.6 is 0 Å². The fraction of sp³-hybridized carbons (Fsp3) is 0.500. The monoisotopic (exact) mass is 248 g/mol. The average Bonchev–Trinajstić information content (AvgIpc) is 2.30. The molecule has 1 aliphatic rings. The quantitative estimate of drug-likeness (QED) is 0.763. The highest BCUT2D eigenvalue weighted by Gasteiger charge is 2.27. The number of rotatable bonds is 3. The van der Waals surface area contributed by atoms with Gasteiger partial charge in [-0.05, 0) is 26.0 Å². The number of nitrogens with two attached hydrogens (primary N) is 1. The van der Waals surface area contributed by atoms with Crippen LogP contribution in [0.3, 0.4) is 0 Å². The average molecular weight is 248 g/mol. The molecule has 98 valence electrons. The molecule has 18 heavy (non-hydrogen) atoms. The van der Waals surface area contributed by atoms with E-state index in [2.05, 4.69) is 43.0 Å². The first-order valence-electron chi connectivity index (χ1n) is 6.51. The molecule has 0 aromatic heterocycles. The molecule has 4 nitrogen and oxygen atoms in total. The van der Waals surface area contributed by atoms with Crippen LogP contribution in [0.25, 0.3) is 0 Å². The van der Waals surface area contributed by atoms with Gasteiger partial charge in [0.2, 0.25) is 0 Å². The molecule has 1 aliphatic heterocycles. The Morgan fingerprint density at radius 1 is 1.44 bits per heavy atom. The molecule has 1 amide bonds. The van der Waals surface area contributed by atoms with E-state index in [4.69, 9.17) is 5.73 Å². The summed E-state index contributed by atoms with van der Waals surface area (Å²) in [5, 5.41) is 0. The SMILES string of the molecule is Cc1ccc(N2CC[NH+](CC(N)=O)C[C@H]2C)cc1. The Kier molecular flexibility index (Phi) is 3.87. The maximum atomic E-state index is 11.0. The van der Waals surface area contributed by atoms with Crippen molar-refractivity contribution >= 4 is 11.6 Å². The first-order valence-corrected chi connectivity index (χ1v) is 6.51. The Labute approximate surface area is 108 Å². The first kappa shape index (κ1) is 12.9. The van der Waals surface area contributed by atoms with Crippen molar-refractivity contribution in [2.75, 3.05) is 31.1 Å². The molecule has 1 unspecified atom stereocenters. The summed E-state index contributed by atoms with van der Waals surface area (Å²) in [4.78, 5) is 14.6. The maximum absolute atomic E-state index is 11.0. The van der Waals surface area contributed by atoms with Crippen molar-refractivity contribution in [2.24, 2.45) is 5.73 Å². The first-order chi connectivity index (χ1) is 8.56. The summed E-state index contributed by atoms with van der Waals surface area (Å²) in [5.41, 5.74) is 7.81. The van der Waals surface area contributed by atoms with E-state index in [1.165, 1.54) is 16.2 Å². The number of carbonyl (C=O) groups is 1. The fourth-order valence-electron chi connectivity index (χ4n) is 2.66. The second-order valence-corrected chi connectivity index (χ2v) is 5.23. The minimum Gasteiger partial charge on any atom is -0.365 e. The van der Waals surface area contributed by atoms with Crippen LogP contribution in [0, 0.1) is 6.92 Å². The van der Waals surface area contributed by atoms with E-state index in [1.807, 2.05) is 0 Å². The minimum atomic E-state index is -0.207. The summed E-state index contributed by atoms with van der Waals surface area (Å²) >= 11 is 0. The fourth-order valence-corrected chi connectivity index (χ4v) is 2.66. The lowest BCUT2D eigenvalue weighted by molar-refractivity contribution is -0.895. The van der Waals surface area contributed by atoms with Gasteiger partial charge in [0.1, 0.15) is 0 Å². The largest absolute Gasteiger partial charge is 0.365 e. The number of nitrogens with one attached hydrogen (secondary N) is 1. The molecule has 1 saturated heterocycles. The molecule has 0 bridgehead atoms. The van der Waals surface area contributed by atoms with Gasteiger partial charge in [0.15, 0.2) is 6.54 Å². The van der Waals surface area contributed by atoms with Crippen LogP contribution in [0.1, 0.15) is 12.5 Å². The number of anilines is 1. The van der Waals surface area contributed by atoms with Crippen LogP contribution in [0.5, 0.6) is 0 Å². The second kappa shape index (κ2) is 5.40. The van der Waals surface area contributed by atoms with Gasteiger partial charge < -0.3 is 15.5 Å². The lowest BCUT2D eigenvalue weighted by atomic mass is 10.1. The van der Waals surface area contributed by atoms with Gasteiger partial charge in [-0.25, -0.2) is 0 Å². The Balaban J connectivity index is 2.01. The van der Waals surface area contributed by atoms with Crippen LogP contribution in [0.15, 0.2) is 24.3 Å². The number of aryl methyl sites for hydroxylation is 1. The lowest BCUT2D eigenvalue weighted by Crippen LogP contribution is -3.16. The second-order valence-electron chi connectivity index (χ2n) is 5.23. The number of carbonyl (C=O) groups excluding carboxylic acids is 1. The topological polar surface area (TPSA) is 50.8 Å². The number of nitrogens with zero attached hydrogens (tertiary/aromatic N) is 1. The number of amides is 1. The number of hydrogen-bond acceptors (Lipinski definition) is 2. The van der Waals surface area contributed by atoms with Crippen molar-refractivity contribution in [3.8, 4) is 0 Å². The summed E-state index contributed by atoms with van der Waals surface area (Å²) in [5.74, 6) is -0.207.